The molecule has 0 heterocycles. The molecule has 0 bridgehead atoms. The standard InChI is InChI=1S/C31H48O2/c1-20(2)21-11-16-31(25(33)19-32)18-17-29(6)22(26(21)31)9-10-24-28(5)14-8-13-27(3,4)23(28)12-15-30(24,29)7/h8,13,21-24,26,32H,1,9-12,14-19H2,2-7H3/t21-,22+,23-,24+,26+,28-,29+,30+,31+/m0/s1. The molecule has 1 N–H and O–H groups in total. The van der Waals surface area contributed by atoms with Gasteiger partial charge in [-0.15, -0.1) is 0 Å². The molecule has 0 aliphatic heterocycles. The van der Waals surface area contributed by atoms with Crippen LogP contribution in [0.15, 0.2) is 24.3 Å². The maximum atomic E-state index is 13.3. The Labute approximate surface area is 202 Å². The highest BCUT2D eigenvalue weighted by molar-refractivity contribution is 5.87. The van der Waals surface area contributed by atoms with Gasteiger partial charge in [0.05, 0.1) is 0 Å². The number of carbonyl (C=O) groups excluding carboxylic acids is 1. The van der Waals surface area contributed by atoms with Gasteiger partial charge in [-0.25, -0.2) is 0 Å². The van der Waals surface area contributed by atoms with Crippen LogP contribution in [-0.2, 0) is 4.79 Å². The van der Waals surface area contributed by atoms with Crippen molar-refractivity contribution in [3.8, 4) is 0 Å². The summed E-state index contributed by atoms with van der Waals surface area (Å²) in [7, 11) is 0. The third-order valence-corrected chi connectivity index (χ3v) is 13.0. The summed E-state index contributed by atoms with van der Waals surface area (Å²) in [4.78, 5) is 13.3. The molecule has 0 unspecified atom stereocenters. The van der Waals surface area contributed by atoms with Crippen LogP contribution in [0.5, 0.6) is 0 Å². The second-order valence-corrected chi connectivity index (χ2v) is 14.4. The summed E-state index contributed by atoms with van der Waals surface area (Å²) in [5.41, 5.74) is 2.20. The van der Waals surface area contributed by atoms with Crippen molar-refractivity contribution >= 4 is 5.78 Å². The molecule has 5 aliphatic rings. The summed E-state index contributed by atoms with van der Waals surface area (Å²) < 4.78 is 0. The average Bonchev–Trinajstić information content (AvgIpc) is 3.14. The first-order valence-corrected chi connectivity index (χ1v) is 13.8. The van der Waals surface area contributed by atoms with Crippen LogP contribution in [0, 0.1) is 56.7 Å². The number of aliphatic hydroxyl groups is 1. The molecule has 0 saturated heterocycles. The van der Waals surface area contributed by atoms with Gasteiger partial charge in [-0.05, 0) is 116 Å². The highest BCUT2D eigenvalue weighted by Gasteiger charge is 2.70. The number of aliphatic hydroxyl groups excluding tert-OH is 1. The maximum absolute atomic E-state index is 13.3. The zero-order valence-corrected chi connectivity index (χ0v) is 22.2. The molecule has 0 spiro atoms. The Bertz CT molecular complexity index is 883. The van der Waals surface area contributed by atoms with E-state index in [0.29, 0.717) is 28.6 Å². The SMILES string of the molecule is C=C(C)[C@@H]1CC[C@]2(C(=O)CO)CC[C@]3(C)[C@H](CC[C@@H]4[C@@]5(C)CC=CC(C)(C)[C@@H]5CC[C@]43C)[C@@H]12. The summed E-state index contributed by atoms with van der Waals surface area (Å²) >= 11 is 0. The molecule has 2 heteroatoms. The topological polar surface area (TPSA) is 37.3 Å². The van der Waals surface area contributed by atoms with Gasteiger partial charge in [-0.2, -0.15) is 0 Å². The summed E-state index contributed by atoms with van der Waals surface area (Å²) in [6.07, 6.45) is 15.6. The first kappa shape index (κ1) is 23.8. The Morgan fingerprint density at radius 2 is 1.67 bits per heavy atom. The van der Waals surface area contributed by atoms with E-state index in [1.807, 2.05) is 0 Å². The second-order valence-electron chi connectivity index (χ2n) is 14.4. The lowest BCUT2D eigenvalue weighted by molar-refractivity contribution is -0.225. The highest BCUT2D eigenvalue weighted by Crippen LogP contribution is 2.77. The molecule has 0 aromatic carbocycles. The molecule has 5 rings (SSSR count). The molecular formula is C31H48O2. The number of fused-ring (bicyclic) bond motifs is 7. The van der Waals surface area contributed by atoms with Crippen molar-refractivity contribution in [3.05, 3.63) is 24.3 Å². The summed E-state index contributed by atoms with van der Waals surface area (Å²) in [5.74, 6) is 3.02. The quantitative estimate of drug-likeness (QED) is 0.454. The van der Waals surface area contributed by atoms with Gasteiger partial charge in [-0.3, -0.25) is 4.79 Å². The van der Waals surface area contributed by atoms with Crippen LogP contribution in [0.25, 0.3) is 0 Å². The minimum absolute atomic E-state index is 0.125. The molecule has 5 aliphatic carbocycles. The molecule has 4 saturated carbocycles. The molecule has 0 aromatic rings. The number of allylic oxidation sites excluding steroid dienone is 3. The molecule has 2 nitrogen and oxygen atoms in total. The summed E-state index contributed by atoms with van der Waals surface area (Å²) in [5, 5.41) is 9.99. The van der Waals surface area contributed by atoms with Gasteiger partial charge in [0, 0.05) is 5.41 Å². The van der Waals surface area contributed by atoms with E-state index in [9.17, 15) is 9.90 Å². The molecular weight excluding hydrogens is 404 g/mol. The highest BCUT2D eigenvalue weighted by atomic mass is 16.3. The zero-order chi connectivity index (χ0) is 24.0. The van der Waals surface area contributed by atoms with Crippen molar-refractivity contribution in [1.82, 2.24) is 0 Å². The Hall–Kier alpha value is -0.890. The van der Waals surface area contributed by atoms with E-state index in [4.69, 9.17) is 0 Å². The average molecular weight is 453 g/mol. The Balaban J connectivity index is 1.58. The Morgan fingerprint density at radius 1 is 0.939 bits per heavy atom. The Kier molecular flexibility index (Phi) is 5.28. The minimum Gasteiger partial charge on any atom is -0.389 e. The van der Waals surface area contributed by atoms with Crippen molar-refractivity contribution in [2.45, 2.75) is 99.3 Å². The van der Waals surface area contributed by atoms with Crippen LogP contribution >= 0.6 is 0 Å². The zero-order valence-electron chi connectivity index (χ0n) is 22.2. The number of hydrogen-bond acceptors (Lipinski definition) is 2. The molecule has 0 aromatic heterocycles. The minimum atomic E-state index is -0.303. The van der Waals surface area contributed by atoms with Gasteiger partial charge >= 0.3 is 0 Å². The second kappa shape index (κ2) is 7.31. The van der Waals surface area contributed by atoms with E-state index in [2.05, 4.69) is 60.3 Å². The van der Waals surface area contributed by atoms with E-state index in [0.717, 1.165) is 37.5 Å². The predicted octanol–water partition coefficient (Wildman–Crippen LogP) is 7.37. The number of Topliss-reactive ketones (excluding diaryl/α,β-unsaturated/α-hetero) is 1. The van der Waals surface area contributed by atoms with Crippen LogP contribution < -0.4 is 0 Å². The molecule has 33 heavy (non-hydrogen) atoms. The maximum Gasteiger partial charge on any atom is 0.164 e. The van der Waals surface area contributed by atoms with Crippen LogP contribution in [0.1, 0.15) is 99.3 Å². The fraction of sp³-hybridized carbons (Fsp3) is 0.839. The fourth-order valence-electron chi connectivity index (χ4n) is 11.4. The van der Waals surface area contributed by atoms with E-state index in [1.54, 1.807) is 0 Å². The lowest BCUT2D eigenvalue weighted by atomic mass is 9.32. The van der Waals surface area contributed by atoms with Crippen LogP contribution in [0.4, 0.5) is 0 Å². The van der Waals surface area contributed by atoms with Crippen molar-refractivity contribution in [3.63, 3.8) is 0 Å². The van der Waals surface area contributed by atoms with Gasteiger partial charge in [0.25, 0.3) is 0 Å². The fourth-order valence-corrected chi connectivity index (χ4v) is 11.4. The molecule has 0 amide bonds. The predicted molar refractivity (Wildman–Crippen MR) is 136 cm³/mol. The van der Waals surface area contributed by atoms with E-state index in [1.165, 1.54) is 37.7 Å². The number of hydrogen-bond donors (Lipinski definition) is 1. The molecule has 9 atom stereocenters. The first-order chi connectivity index (χ1) is 15.4. The van der Waals surface area contributed by atoms with Crippen LogP contribution in [0.2, 0.25) is 0 Å². The van der Waals surface area contributed by atoms with Gasteiger partial charge in [0.1, 0.15) is 6.61 Å². The normalized spacial score (nSPS) is 52.3. The van der Waals surface area contributed by atoms with Crippen molar-refractivity contribution in [1.29, 1.82) is 0 Å². The first-order valence-electron chi connectivity index (χ1n) is 13.8. The molecule has 4 fully saturated rings. The van der Waals surface area contributed by atoms with Gasteiger partial charge in [0.15, 0.2) is 5.78 Å². The number of carbonyl (C=O) groups is 1. The van der Waals surface area contributed by atoms with Gasteiger partial charge < -0.3 is 5.11 Å². The van der Waals surface area contributed by atoms with Crippen molar-refractivity contribution < 1.29 is 9.90 Å². The van der Waals surface area contributed by atoms with Crippen molar-refractivity contribution in [2.24, 2.45) is 56.7 Å². The third kappa shape index (κ3) is 2.85. The van der Waals surface area contributed by atoms with Crippen LogP contribution in [-0.4, -0.2) is 17.5 Å². The number of ketones is 1. The van der Waals surface area contributed by atoms with Crippen LogP contribution in [0.3, 0.4) is 0 Å². The largest absolute Gasteiger partial charge is 0.389 e. The van der Waals surface area contributed by atoms with Gasteiger partial charge in [-0.1, -0.05) is 58.9 Å². The monoisotopic (exact) mass is 452 g/mol. The van der Waals surface area contributed by atoms with Crippen molar-refractivity contribution in [2.75, 3.05) is 6.61 Å². The summed E-state index contributed by atoms with van der Waals surface area (Å²) in [6.45, 7) is 19.1. The van der Waals surface area contributed by atoms with E-state index >= 15 is 0 Å². The smallest absolute Gasteiger partial charge is 0.164 e. The Morgan fingerprint density at radius 3 is 2.33 bits per heavy atom. The van der Waals surface area contributed by atoms with E-state index < -0.39 is 0 Å². The lowest BCUT2D eigenvalue weighted by Crippen LogP contribution is -2.65. The third-order valence-electron chi connectivity index (χ3n) is 13.0. The van der Waals surface area contributed by atoms with Gasteiger partial charge in [0.2, 0.25) is 0 Å². The summed E-state index contributed by atoms with van der Waals surface area (Å²) in [6, 6.07) is 0. The number of rotatable bonds is 3. The molecule has 184 valence electrons. The lowest BCUT2D eigenvalue weighted by Gasteiger charge is -2.72. The molecule has 0 radical (unpaired) electrons. The van der Waals surface area contributed by atoms with E-state index in [-0.39, 0.29) is 28.6 Å².